The molecule has 0 saturated carbocycles. The maximum atomic E-state index is 12.8. The molecule has 21 heavy (non-hydrogen) atoms. The first kappa shape index (κ1) is 14.6. The van der Waals surface area contributed by atoms with Gasteiger partial charge < -0.3 is 5.32 Å². The van der Waals surface area contributed by atoms with Crippen LogP contribution in [0.25, 0.3) is 0 Å². The molecule has 0 radical (unpaired) electrons. The maximum absolute atomic E-state index is 12.8. The first-order chi connectivity index (χ1) is 9.95. The van der Waals surface area contributed by atoms with Crippen molar-refractivity contribution in [3.8, 4) is 0 Å². The van der Waals surface area contributed by atoms with Gasteiger partial charge in [0.25, 0.3) is 5.69 Å². The van der Waals surface area contributed by atoms with Crippen LogP contribution >= 0.6 is 0 Å². The molecule has 1 amide bonds. The Hall–Kier alpha value is -2.76. The number of carbonyl (C=O) groups is 1. The number of benzene rings is 2. The fourth-order valence-electron chi connectivity index (χ4n) is 1.88. The summed E-state index contributed by atoms with van der Waals surface area (Å²) in [4.78, 5) is 22.2. The van der Waals surface area contributed by atoms with Gasteiger partial charge in [0, 0.05) is 17.3 Å². The van der Waals surface area contributed by atoms with E-state index in [1.807, 2.05) is 0 Å². The number of hydrogen-bond donors (Lipinski definition) is 1. The van der Waals surface area contributed by atoms with Crippen molar-refractivity contribution >= 4 is 17.3 Å². The second-order valence-electron chi connectivity index (χ2n) is 4.61. The largest absolute Gasteiger partial charge is 0.326 e. The van der Waals surface area contributed by atoms with Crippen molar-refractivity contribution < 1.29 is 14.1 Å². The van der Waals surface area contributed by atoms with E-state index in [-0.39, 0.29) is 23.8 Å². The Morgan fingerprint density at radius 1 is 1.24 bits per heavy atom. The van der Waals surface area contributed by atoms with Crippen molar-refractivity contribution in [1.29, 1.82) is 0 Å². The molecular weight excluding hydrogens is 275 g/mol. The number of carbonyl (C=O) groups excluding carboxylic acids is 1. The lowest BCUT2D eigenvalue weighted by Crippen LogP contribution is -2.14. The summed E-state index contributed by atoms with van der Waals surface area (Å²) < 4.78 is 12.8. The summed E-state index contributed by atoms with van der Waals surface area (Å²) in [6.45, 7) is 1.63. The van der Waals surface area contributed by atoms with Crippen molar-refractivity contribution in [1.82, 2.24) is 0 Å². The monoisotopic (exact) mass is 288 g/mol. The van der Waals surface area contributed by atoms with Crippen LogP contribution in [0.1, 0.15) is 11.1 Å². The third-order valence-corrected chi connectivity index (χ3v) is 2.97. The summed E-state index contributed by atoms with van der Waals surface area (Å²) in [6.07, 6.45) is 0.0714. The van der Waals surface area contributed by atoms with Crippen LogP contribution in [0.4, 0.5) is 15.8 Å². The second-order valence-corrected chi connectivity index (χ2v) is 4.61. The van der Waals surface area contributed by atoms with Crippen molar-refractivity contribution in [2.75, 3.05) is 5.32 Å². The third-order valence-electron chi connectivity index (χ3n) is 2.97. The number of rotatable bonds is 4. The molecule has 0 aromatic heterocycles. The van der Waals surface area contributed by atoms with Crippen LogP contribution < -0.4 is 5.32 Å². The molecule has 6 heteroatoms. The smallest absolute Gasteiger partial charge is 0.274 e. The van der Waals surface area contributed by atoms with Crippen LogP contribution in [0.2, 0.25) is 0 Å². The van der Waals surface area contributed by atoms with Crippen molar-refractivity contribution in [3.63, 3.8) is 0 Å². The predicted octanol–water partition coefficient (Wildman–Crippen LogP) is 3.22. The van der Waals surface area contributed by atoms with Crippen molar-refractivity contribution in [2.24, 2.45) is 0 Å². The van der Waals surface area contributed by atoms with Gasteiger partial charge in [0.1, 0.15) is 5.82 Å². The molecule has 0 aliphatic heterocycles. The summed E-state index contributed by atoms with van der Waals surface area (Å²) in [6, 6.07) is 10.1. The molecule has 2 aromatic carbocycles. The molecule has 0 bridgehead atoms. The molecule has 0 aliphatic rings. The van der Waals surface area contributed by atoms with E-state index < -0.39 is 4.92 Å². The highest BCUT2D eigenvalue weighted by atomic mass is 19.1. The summed E-state index contributed by atoms with van der Waals surface area (Å²) in [5, 5.41) is 13.4. The van der Waals surface area contributed by atoms with Gasteiger partial charge in [0.05, 0.1) is 11.3 Å². The Labute approximate surface area is 120 Å². The Bertz CT molecular complexity index is 684. The number of nitro groups is 1. The van der Waals surface area contributed by atoms with E-state index in [9.17, 15) is 19.3 Å². The minimum absolute atomic E-state index is 0.0467. The number of anilines is 1. The Balaban J connectivity index is 2.07. The highest BCUT2D eigenvalue weighted by Gasteiger charge is 2.12. The standard InChI is InChI=1S/C15H13FN2O3/c1-10-2-7-13(9-14(10)18(20)21)17-15(19)8-11-3-5-12(16)6-4-11/h2-7,9H,8H2,1H3,(H,17,19). The van der Waals surface area contributed by atoms with Crippen LogP contribution in [0, 0.1) is 22.9 Å². The van der Waals surface area contributed by atoms with E-state index >= 15 is 0 Å². The van der Waals surface area contributed by atoms with E-state index in [1.165, 1.54) is 30.3 Å². The summed E-state index contributed by atoms with van der Waals surface area (Å²) in [5.41, 5.74) is 1.50. The highest BCUT2D eigenvalue weighted by molar-refractivity contribution is 5.92. The highest BCUT2D eigenvalue weighted by Crippen LogP contribution is 2.22. The molecule has 2 aromatic rings. The molecule has 0 aliphatic carbocycles. The molecule has 1 N–H and O–H groups in total. The molecule has 0 saturated heterocycles. The molecule has 0 unspecified atom stereocenters. The maximum Gasteiger partial charge on any atom is 0.274 e. The van der Waals surface area contributed by atoms with Crippen LogP contribution in [0.3, 0.4) is 0 Å². The normalized spacial score (nSPS) is 10.2. The molecular formula is C15H13FN2O3. The fourth-order valence-corrected chi connectivity index (χ4v) is 1.88. The summed E-state index contributed by atoms with van der Waals surface area (Å²) in [7, 11) is 0. The number of nitro benzene ring substituents is 1. The lowest BCUT2D eigenvalue weighted by molar-refractivity contribution is -0.385. The third kappa shape index (κ3) is 3.85. The van der Waals surface area contributed by atoms with Gasteiger partial charge in [-0.3, -0.25) is 14.9 Å². The zero-order valence-corrected chi connectivity index (χ0v) is 11.3. The zero-order chi connectivity index (χ0) is 15.4. The topological polar surface area (TPSA) is 72.2 Å². The average molecular weight is 288 g/mol. The van der Waals surface area contributed by atoms with Gasteiger partial charge >= 0.3 is 0 Å². The van der Waals surface area contributed by atoms with Crippen LogP contribution in [-0.4, -0.2) is 10.8 Å². The van der Waals surface area contributed by atoms with E-state index in [0.29, 0.717) is 16.8 Å². The molecule has 2 rings (SSSR count). The molecule has 0 heterocycles. The Morgan fingerprint density at radius 3 is 2.52 bits per heavy atom. The van der Waals surface area contributed by atoms with Gasteiger partial charge in [0.2, 0.25) is 5.91 Å². The van der Waals surface area contributed by atoms with E-state index in [2.05, 4.69) is 5.32 Å². The van der Waals surface area contributed by atoms with Gasteiger partial charge in [-0.05, 0) is 30.7 Å². The molecule has 0 atom stereocenters. The van der Waals surface area contributed by atoms with Gasteiger partial charge in [-0.1, -0.05) is 18.2 Å². The minimum Gasteiger partial charge on any atom is -0.326 e. The second kappa shape index (κ2) is 6.13. The van der Waals surface area contributed by atoms with Gasteiger partial charge in [-0.2, -0.15) is 0 Å². The first-order valence-electron chi connectivity index (χ1n) is 6.25. The van der Waals surface area contributed by atoms with E-state index in [4.69, 9.17) is 0 Å². The number of nitrogens with one attached hydrogen (secondary N) is 1. The van der Waals surface area contributed by atoms with Crippen molar-refractivity contribution in [3.05, 3.63) is 69.5 Å². The number of hydrogen-bond acceptors (Lipinski definition) is 3. The number of aryl methyl sites for hydroxylation is 1. The number of nitrogens with zero attached hydrogens (tertiary/aromatic N) is 1. The summed E-state index contributed by atoms with van der Waals surface area (Å²) >= 11 is 0. The van der Waals surface area contributed by atoms with Crippen LogP contribution in [0.15, 0.2) is 42.5 Å². The number of halogens is 1. The summed E-state index contributed by atoms with van der Waals surface area (Å²) in [5.74, 6) is -0.687. The van der Waals surface area contributed by atoms with Gasteiger partial charge in [0.15, 0.2) is 0 Å². The minimum atomic E-state index is -0.495. The van der Waals surface area contributed by atoms with Crippen LogP contribution in [0.5, 0.6) is 0 Å². The van der Waals surface area contributed by atoms with Gasteiger partial charge in [-0.25, -0.2) is 4.39 Å². The SMILES string of the molecule is Cc1ccc(NC(=O)Cc2ccc(F)cc2)cc1[N+](=O)[O-]. The lowest BCUT2D eigenvalue weighted by atomic mass is 10.1. The lowest BCUT2D eigenvalue weighted by Gasteiger charge is -2.06. The Kier molecular flexibility index (Phi) is 4.27. The van der Waals surface area contributed by atoms with Crippen LogP contribution in [-0.2, 0) is 11.2 Å². The number of amides is 1. The Morgan fingerprint density at radius 2 is 1.90 bits per heavy atom. The fraction of sp³-hybridized carbons (Fsp3) is 0.133. The molecule has 5 nitrogen and oxygen atoms in total. The molecule has 108 valence electrons. The molecule has 0 fully saturated rings. The first-order valence-corrected chi connectivity index (χ1v) is 6.25. The van der Waals surface area contributed by atoms with E-state index in [0.717, 1.165) is 0 Å². The predicted molar refractivity (Wildman–Crippen MR) is 76.6 cm³/mol. The molecule has 0 spiro atoms. The van der Waals surface area contributed by atoms with Gasteiger partial charge in [-0.15, -0.1) is 0 Å². The quantitative estimate of drug-likeness (QED) is 0.693. The van der Waals surface area contributed by atoms with Crippen molar-refractivity contribution in [2.45, 2.75) is 13.3 Å². The van der Waals surface area contributed by atoms with E-state index in [1.54, 1.807) is 19.1 Å². The average Bonchev–Trinajstić information content (AvgIpc) is 2.43. The zero-order valence-electron chi connectivity index (χ0n) is 11.3.